The molecule has 0 spiro atoms. The van der Waals surface area contributed by atoms with Crippen LogP contribution in [0.1, 0.15) is 26.7 Å². The molecule has 84 valence electrons. The van der Waals surface area contributed by atoms with Gasteiger partial charge in [-0.25, -0.2) is 0 Å². The molecule has 3 nitrogen and oxygen atoms in total. The van der Waals surface area contributed by atoms with Gasteiger partial charge in [-0.05, 0) is 30.7 Å². The Morgan fingerprint density at radius 1 is 1.43 bits per heavy atom. The van der Waals surface area contributed by atoms with Gasteiger partial charge in [0.1, 0.15) is 0 Å². The number of hydrogen-bond donors (Lipinski definition) is 2. The van der Waals surface area contributed by atoms with E-state index in [1.54, 1.807) is 0 Å². The van der Waals surface area contributed by atoms with E-state index >= 15 is 0 Å². The van der Waals surface area contributed by atoms with Gasteiger partial charge in [0.05, 0.1) is 6.61 Å². The predicted octanol–water partition coefficient (Wildman–Crippen LogP) is 0.987. The lowest BCUT2D eigenvalue weighted by Gasteiger charge is -2.22. The molecule has 0 aromatic heterocycles. The molecule has 0 aromatic carbocycles. The van der Waals surface area contributed by atoms with Crippen molar-refractivity contribution in [2.24, 2.45) is 17.1 Å². The van der Waals surface area contributed by atoms with Crippen molar-refractivity contribution < 1.29 is 4.74 Å². The maximum Gasteiger partial charge on any atom is 0.0591 e. The van der Waals surface area contributed by atoms with Gasteiger partial charge in [0.25, 0.3) is 0 Å². The zero-order valence-electron chi connectivity index (χ0n) is 9.51. The van der Waals surface area contributed by atoms with Gasteiger partial charge >= 0.3 is 0 Å². The minimum Gasteiger partial charge on any atom is -0.380 e. The number of nitrogens with two attached hydrogens (primary N) is 1. The number of ether oxygens (including phenoxy) is 1. The molecule has 0 aromatic rings. The van der Waals surface area contributed by atoms with Gasteiger partial charge < -0.3 is 15.8 Å². The van der Waals surface area contributed by atoms with Crippen molar-refractivity contribution in [1.82, 2.24) is 5.32 Å². The van der Waals surface area contributed by atoms with Crippen molar-refractivity contribution in [1.29, 1.82) is 0 Å². The fourth-order valence-electron chi connectivity index (χ4n) is 1.18. The van der Waals surface area contributed by atoms with E-state index in [0.29, 0.717) is 0 Å². The SMILES string of the molecule is CC(C)(CN)CNCCOCC1CC1. The Balaban J connectivity index is 1.83. The van der Waals surface area contributed by atoms with Gasteiger partial charge in [-0.15, -0.1) is 0 Å². The first-order valence-corrected chi connectivity index (χ1v) is 5.62. The maximum absolute atomic E-state index is 5.62. The molecule has 1 saturated carbocycles. The molecule has 1 rings (SSSR count). The summed E-state index contributed by atoms with van der Waals surface area (Å²) in [6.07, 6.45) is 2.74. The fraction of sp³-hybridized carbons (Fsp3) is 1.00. The Morgan fingerprint density at radius 2 is 2.14 bits per heavy atom. The first kappa shape index (κ1) is 12.0. The van der Waals surface area contributed by atoms with E-state index in [1.165, 1.54) is 12.8 Å². The summed E-state index contributed by atoms with van der Waals surface area (Å²) in [6, 6.07) is 0. The molecule has 0 saturated heterocycles. The number of rotatable bonds is 8. The summed E-state index contributed by atoms with van der Waals surface area (Å²) in [5.41, 5.74) is 5.83. The van der Waals surface area contributed by atoms with E-state index < -0.39 is 0 Å². The monoisotopic (exact) mass is 200 g/mol. The number of nitrogens with one attached hydrogen (secondary N) is 1. The molecular formula is C11H24N2O. The Kier molecular flexibility index (Phi) is 4.85. The highest BCUT2D eigenvalue weighted by molar-refractivity contribution is 4.73. The molecule has 0 heterocycles. The van der Waals surface area contributed by atoms with E-state index in [0.717, 1.165) is 38.8 Å². The highest BCUT2D eigenvalue weighted by Gasteiger charge is 2.20. The summed E-state index contributed by atoms with van der Waals surface area (Å²) in [5.74, 6) is 0.871. The third kappa shape index (κ3) is 5.58. The van der Waals surface area contributed by atoms with Crippen LogP contribution in [-0.2, 0) is 4.74 Å². The van der Waals surface area contributed by atoms with Crippen LogP contribution in [0, 0.1) is 11.3 Å². The highest BCUT2D eigenvalue weighted by Crippen LogP contribution is 2.28. The molecule has 0 aliphatic heterocycles. The lowest BCUT2D eigenvalue weighted by Crippen LogP contribution is -2.36. The van der Waals surface area contributed by atoms with Crippen LogP contribution in [0.15, 0.2) is 0 Å². The average molecular weight is 200 g/mol. The van der Waals surface area contributed by atoms with Crippen LogP contribution in [0.2, 0.25) is 0 Å². The highest BCUT2D eigenvalue weighted by atomic mass is 16.5. The second-order valence-electron chi connectivity index (χ2n) is 5.06. The lowest BCUT2D eigenvalue weighted by molar-refractivity contribution is 0.124. The normalized spacial score (nSPS) is 17.4. The Morgan fingerprint density at radius 3 is 2.71 bits per heavy atom. The van der Waals surface area contributed by atoms with Crippen LogP contribution in [-0.4, -0.2) is 32.8 Å². The Labute approximate surface area is 87.4 Å². The molecule has 0 unspecified atom stereocenters. The van der Waals surface area contributed by atoms with E-state index in [1.807, 2.05) is 0 Å². The van der Waals surface area contributed by atoms with Crippen molar-refractivity contribution in [3.63, 3.8) is 0 Å². The topological polar surface area (TPSA) is 47.3 Å². The van der Waals surface area contributed by atoms with Crippen molar-refractivity contribution >= 4 is 0 Å². The molecule has 0 amide bonds. The van der Waals surface area contributed by atoms with Gasteiger partial charge in [-0.1, -0.05) is 13.8 Å². The predicted molar refractivity (Wildman–Crippen MR) is 59.2 cm³/mol. The Hall–Kier alpha value is -0.120. The Bertz CT molecular complexity index is 155. The molecule has 1 aliphatic rings. The third-order valence-corrected chi connectivity index (χ3v) is 2.63. The quantitative estimate of drug-likeness (QED) is 0.574. The van der Waals surface area contributed by atoms with Gasteiger partial charge in [0.2, 0.25) is 0 Å². The zero-order valence-corrected chi connectivity index (χ0v) is 9.51. The minimum atomic E-state index is 0.205. The average Bonchev–Trinajstić information content (AvgIpc) is 2.95. The molecule has 1 aliphatic carbocycles. The molecule has 0 radical (unpaired) electrons. The summed E-state index contributed by atoms with van der Waals surface area (Å²) in [6.45, 7) is 8.77. The number of hydrogen-bond acceptors (Lipinski definition) is 3. The van der Waals surface area contributed by atoms with Gasteiger partial charge in [0, 0.05) is 19.7 Å². The van der Waals surface area contributed by atoms with Gasteiger partial charge in [-0.3, -0.25) is 0 Å². The van der Waals surface area contributed by atoms with Crippen molar-refractivity contribution in [2.75, 3.05) is 32.8 Å². The molecule has 0 atom stereocenters. The summed E-state index contributed by atoms with van der Waals surface area (Å²) < 4.78 is 5.51. The summed E-state index contributed by atoms with van der Waals surface area (Å²) >= 11 is 0. The van der Waals surface area contributed by atoms with Crippen molar-refractivity contribution in [3.8, 4) is 0 Å². The van der Waals surface area contributed by atoms with Crippen LogP contribution in [0.3, 0.4) is 0 Å². The van der Waals surface area contributed by atoms with Gasteiger partial charge in [0.15, 0.2) is 0 Å². The van der Waals surface area contributed by atoms with Crippen molar-refractivity contribution in [3.05, 3.63) is 0 Å². The zero-order chi connectivity index (χ0) is 10.4. The van der Waals surface area contributed by atoms with Crippen LogP contribution >= 0.6 is 0 Å². The van der Waals surface area contributed by atoms with Gasteiger partial charge in [-0.2, -0.15) is 0 Å². The van der Waals surface area contributed by atoms with E-state index in [2.05, 4.69) is 19.2 Å². The van der Waals surface area contributed by atoms with Crippen LogP contribution in [0.4, 0.5) is 0 Å². The smallest absolute Gasteiger partial charge is 0.0591 e. The molecule has 3 heteroatoms. The van der Waals surface area contributed by atoms with Crippen molar-refractivity contribution in [2.45, 2.75) is 26.7 Å². The second-order valence-corrected chi connectivity index (χ2v) is 5.06. The molecule has 0 bridgehead atoms. The van der Waals surface area contributed by atoms with E-state index in [-0.39, 0.29) is 5.41 Å². The second kappa shape index (κ2) is 5.69. The summed E-state index contributed by atoms with van der Waals surface area (Å²) in [4.78, 5) is 0. The first-order valence-electron chi connectivity index (χ1n) is 5.62. The maximum atomic E-state index is 5.62. The van der Waals surface area contributed by atoms with Crippen LogP contribution in [0.5, 0.6) is 0 Å². The largest absolute Gasteiger partial charge is 0.380 e. The molecule has 1 fully saturated rings. The molecule has 3 N–H and O–H groups in total. The summed E-state index contributed by atoms with van der Waals surface area (Å²) in [5, 5.41) is 3.37. The van der Waals surface area contributed by atoms with E-state index in [4.69, 9.17) is 10.5 Å². The molecular weight excluding hydrogens is 176 g/mol. The fourth-order valence-corrected chi connectivity index (χ4v) is 1.18. The van der Waals surface area contributed by atoms with Crippen LogP contribution < -0.4 is 11.1 Å². The summed E-state index contributed by atoms with van der Waals surface area (Å²) in [7, 11) is 0. The van der Waals surface area contributed by atoms with Crippen LogP contribution in [0.25, 0.3) is 0 Å². The standard InChI is InChI=1S/C11H24N2O/c1-11(2,8-12)9-13-5-6-14-7-10-3-4-10/h10,13H,3-9,12H2,1-2H3. The van der Waals surface area contributed by atoms with E-state index in [9.17, 15) is 0 Å². The first-order chi connectivity index (χ1) is 6.64. The lowest BCUT2D eigenvalue weighted by atomic mass is 9.94. The molecule has 14 heavy (non-hydrogen) atoms. The minimum absolute atomic E-state index is 0.205. The third-order valence-electron chi connectivity index (χ3n) is 2.63.